The molecule has 0 fully saturated rings. The van der Waals surface area contributed by atoms with Gasteiger partial charge in [-0.3, -0.25) is 9.78 Å². The Labute approximate surface area is 231 Å². The summed E-state index contributed by atoms with van der Waals surface area (Å²) in [6.07, 6.45) is 2.73. The molecular formula is C30H37N3O5S. The van der Waals surface area contributed by atoms with Crippen molar-refractivity contribution in [3.8, 4) is 5.75 Å². The van der Waals surface area contributed by atoms with E-state index in [0.717, 1.165) is 24.1 Å². The van der Waals surface area contributed by atoms with Crippen LogP contribution in [0.2, 0.25) is 0 Å². The third-order valence-corrected chi connectivity index (χ3v) is 8.52. The van der Waals surface area contributed by atoms with Crippen molar-refractivity contribution in [1.29, 1.82) is 0 Å². The first-order valence-corrected chi connectivity index (χ1v) is 14.9. The number of hydrogen-bond acceptors (Lipinski definition) is 6. The van der Waals surface area contributed by atoms with Gasteiger partial charge in [0.25, 0.3) is 5.91 Å². The molecule has 0 aliphatic carbocycles. The molecule has 3 aromatic rings. The maximum absolute atomic E-state index is 13.6. The smallest absolute Gasteiger partial charge is 0.253 e. The van der Waals surface area contributed by atoms with Crippen LogP contribution < -0.4 is 9.46 Å². The van der Waals surface area contributed by atoms with Crippen LogP contribution in [0.15, 0.2) is 71.8 Å². The maximum Gasteiger partial charge on any atom is 0.253 e. The first kappa shape index (κ1) is 28.7. The van der Waals surface area contributed by atoms with E-state index in [1.54, 1.807) is 67.4 Å². The molecule has 0 saturated carbocycles. The van der Waals surface area contributed by atoms with Gasteiger partial charge in [0.1, 0.15) is 17.5 Å². The van der Waals surface area contributed by atoms with E-state index in [9.17, 15) is 18.3 Å². The number of rotatable bonds is 10. The molecule has 9 heteroatoms. The number of aryl methyl sites for hydroxylation is 1. The van der Waals surface area contributed by atoms with Gasteiger partial charge < -0.3 is 14.7 Å². The Kier molecular flexibility index (Phi) is 8.73. The highest BCUT2D eigenvalue weighted by atomic mass is 32.2. The molecule has 0 bridgehead atoms. The fraction of sp³-hybridized carbons (Fsp3) is 0.400. The van der Waals surface area contributed by atoms with Crippen LogP contribution in [0.25, 0.3) is 0 Å². The standard InChI is InChI=1S/C30H37N3O5S/c1-5-18-33(19-16-23-9-7-8-17-31-23)29(35)22-12-15-26-25(20-22)27(28(34)30(3,4)38-26)32-39(36,37)24-13-10-21(6-2)11-14-24/h7-15,17,20,27-28,32,34H,5-6,16,18-19H2,1-4H3/t27-,28+/m1/s1. The highest BCUT2D eigenvalue weighted by molar-refractivity contribution is 7.89. The van der Waals surface area contributed by atoms with E-state index in [-0.39, 0.29) is 10.8 Å². The molecule has 1 aliphatic rings. The molecule has 2 atom stereocenters. The lowest BCUT2D eigenvalue weighted by atomic mass is 9.86. The summed E-state index contributed by atoms with van der Waals surface area (Å²) in [5.74, 6) is 0.248. The van der Waals surface area contributed by atoms with Gasteiger partial charge in [-0.2, -0.15) is 0 Å². The van der Waals surface area contributed by atoms with Crippen molar-refractivity contribution in [3.63, 3.8) is 0 Å². The van der Waals surface area contributed by atoms with Gasteiger partial charge in [-0.15, -0.1) is 0 Å². The Morgan fingerprint density at radius 3 is 2.46 bits per heavy atom. The summed E-state index contributed by atoms with van der Waals surface area (Å²) >= 11 is 0. The summed E-state index contributed by atoms with van der Waals surface area (Å²) in [5, 5.41) is 11.2. The number of carbonyl (C=O) groups excluding carboxylic acids is 1. The molecule has 4 rings (SSSR count). The quantitative estimate of drug-likeness (QED) is 0.389. The fourth-order valence-electron chi connectivity index (χ4n) is 4.76. The van der Waals surface area contributed by atoms with Crippen LogP contribution in [0.4, 0.5) is 0 Å². The van der Waals surface area contributed by atoms with Crippen molar-refractivity contribution < 1.29 is 23.1 Å². The molecule has 208 valence electrons. The third kappa shape index (κ3) is 6.49. The van der Waals surface area contributed by atoms with Crippen molar-refractivity contribution >= 4 is 15.9 Å². The molecule has 0 spiro atoms. The molecule has 1 aromatic heterocycles. The van der Waals surface area contributed by atoms with Gasteiger partial charge in [-0.1, -0.05) is 32.0 Å². The summed E-state index contributed by atoms with van der Waals surface area (Å²) in [6, 6.07) is 16.4. The van der Waals surface area contributed by atoms with Crippen LogP contribution in [-0.4, -0.2) is 54.1 Å². The predicted molar refractivity (Wildman–Crippen MR) is 150 cm³/mol. The minimum atomic E-state index is -3.98. The molecule has 39 heavy (non-hydrogen) atoms. The number of fused-ring (bicyclic) bond motifs is 1. The number of aliphatic hydroxyl groups excluding tert-OH is 1. The van der Waals surface area contributed by atoms with E-state index < -0.39 is 27.8 Å². The zero-order valence-corrected chi connectivity index (χ0v) is 23.7. The van der Waals surface area contributed by atoms with Crippen molar-refractivity contribution in [2.24, 2.45) is 0 Å². The number of aliphatic hydroxyl groups is 1. The van der Waals surface area contributed by atoms with Gasteiger partial charge in [0.15, 0.2) is 0 Å². The van der Waals surface area contributed by atoms with Crippen LogP contribution in [0.5, 0.6) is 5.75 Å². The zero-order valence-electron chi connectivity index (χ0n) is 22.9. The average Bonchev–Trinajstić information content (AvgIpc) is 2.93. The summed E-state index contributed by atoms with van der Waals surface area (Å²) < 4.78 is 35.4. The van der Waals surface area contributed by atoms with Crippen LogP contribution in [0.3, 0.4) is 0 Å². The molecule has 2 heterocycles. The van der Waals surface area contributed by atoms with Crippen LogP contribution in [0.1, 0.15) is 67.3 Å². The molecule has 0 unspecified atom stereocenters. The number of aromatic nitrogens is 1. The second-order valence-corrected chi connectivity index (χ2v) is 12.1. The van der Waals surface area contributed by atoms with Crippen molar-refractivity contribution in [2.75, 3.05) is 13.1 Å². The van der Waals surface area contributed by atoms with E-state index in [1.807, 2.05) is 32.0 Å². The second-order valence-electron chi connectivity index (χ2n) is 10.4. The van der Waals surface area contributed by atoms with E-state index in [0.29, 0.717) is 36.4 Å². The SMILES string of the molecule is CCCN(CCc1ccccn1)C(=O)c1ccc2c(c1)[C@@H](NS(=O)(=O)c1ccc(CC)cc1)[C@H](O)C(C)(C)O2. The van der Waals surface area contributed by atoms with Gasteiger partial charge in [-0.25, -0.2) is 13.1 Å². The van der Waals surface area contributed by atoms with Crippen molar-refractivity contribution in [3.05, 3.63) is 89.2 Å². The van der Waals surface area contributed by atoms with Crippen molar-refractivity contribution in [1.82, 2.24) is 14.6 Å². The molecule has 1 aliphatic heterocycles. The van der Waals surface area contributed by atoms with E-state index in [2.05, 4.69) is 9.71 Å². The molecule has 1 amide bonds. The van der Waals surface area contributed by atoms with Gasteiger partial charge in [0, 0.05) is 42.5 Å². The number of nitrogens with zero attached hydrogens (tertiary/aromatic N) is 2. The monoisotopic (exact) mass is 551 g/mol. The Morgan fingerprint density at radius 2 is 1.82 bits per heavy atom. The summed E-state index contributed by atoms with van der Waals surface area (Å²) in [6.45, 7) is 8.49. The highest BCUT2D eigenvalue weighted by Gasteiger charge is 2.45. The number of benzene rings is 2. The Morgan fingerprint density at radius 1 is 1.08 bits per heavy atom. The summed E-state index contributed by atoms with van der Waals surface area (Å²) in [4.78, 5) is 19.8. The number of ether oxygens (including phenoxy) is 1. The molecule has 2 aromatic carbocycles. The Bertz CT molecular complexity index is 1390. The van der Waals surface area contributed by atoms with Gasteiger partial charge in [-0.05, 0) is 74.7 Å². The predicted octanol–water partition coefficient (Wildman–Crippen LogP) is 4.29. The van der Waals surface area contributed by atoms with Crippen molar-refractivity contribution in [2.45, 2.75) is 69.6 Å². The minimum absolute atomic E-state index is 0.105. The molecule has 0 radical (unpaired) electrons. The number of nitrogens with one attached hydrogen (secondary N) is 1. The normalized spacial score (nSPS) is 18.2. The summed E-state index contributed by atoms with van der Waals surface area (Å²) in [5.41, 5.74) is 1.68. The highest BCUT2D eigenvalue weighted by Crippen LogP contribution is 2.41. The lowest BCUT2D eigenvalue weighted by Crippen LogP contribution is -2.53. The number of hydrogen-bond donors (Lipinski definition) is 2. The molecule has 0 saturated heterocycles. The van der Waals surface area contributed by atoms with Crippen LogP contribution in [-0.2, 0) is 22.9 Å². The number of sulfonamides is 1. The van der Waals surface area contributed by atoms with E-state index in [1.165, 1.54) is 0 Å². The van der Waals surface area contributed by atoms with Crippen LogP contribution in [0, 0.1) is 0 Å². The molecule has 8 nitrogen and oxygen atoms in total. The Hall–Kier alpha value is -3.27. The first-order chi connectivity index (χ1) is 18.6. The Balaban J connectivity index is 1.64. The topological polar surface area (TPSA) is 109 Å². The number of amides is 1. The number of pyridine rings is 1. The van der Waals surface area contributed by atoms with Gasteiger partial charge >= 0.3 is 0 Å². The maximum atomic E-state index is 13.6. The lowest BCUT2D eigenvalue weighted by Gasteiger charge is -2.42. The first-order valence-electron chi connectivity index (χ1n) is 13.4. The average molecular weight is 552 g/mol. The molecular weight excluding hydrogens is 514 g/mol. The third-order valence-electron chi connectivity index (χ3n) is 7.06. The van der Waals surface area contributed by atoms with E-state index >= 15 is 0 Å². The van der Waals surface area contributed by atoms with Gasteiger partial charge in [0.2, 0.25) is 10.0 Å². The van der Waals surface area contributed by atoms with E-state index in [4.69, 9.17) is 4.74 Å². The number of carbonyl (C=O) groups is 1. The second kappa shape index (κ2) is 11.9. The van der Waals surface area contributed by atoms with Crippen LogP contribution >= 0.6 is 0 Å². The molecule has 2 N–H and O–H groups in total. The zero-order chi connectivity index (χ0) is 28.2. The lowest BCUT2D eigenvalue weighted by molar-refractivity contribution is -0.0603. The largest absolute Gasteiger partial charge is 0.485 e. The summed E-state index contributed by atoms with van der Waals surface area (Å²) in [7, 11) is -3.98. The minimum Gasteiger partial charge on any atom is -0.485 e. The fourth-order valence-corrected chi connectivity index (χ4v) is 5.98. The van der Waals surface area contributed by atoms with Gasteiger partial charge in [0.05, 0.1) is 10.9 Å².